The van der Waals surface area contributed by atoms with Crippen LogP contribution in [0.3, 0.4) is 0 Å². The zero-order valence-electron chi connectivity index (χ0n) is 15.4. The Morgan fingerprint density at radius 3 is 2.70 bits per heavy atom. The van der Waals surface area contributed by atoms with Crippen LogP contribution < -0.4 is 0 Å². The van der Waals surface area contributed by atoms with E-state index >= 15 is 0 Å². The molecule has 0 N–H and O–H groups in total. The number of rotatable bonds is 6. The highest BCUT2D eigenvalue weighted by Gasteiger charge is 2.28. The van der Waals surface area contributed by atoms with Crippen LogP contribution >= 0.6 is 0 Å². The molecule has 142 valence electrons. The van der Waals surface area contributed by atoms with E-state index < -0.39 is 0 Å². The molecule has 0 radical (unpaired) electrons. The lowest BCUT2D eigenvalue weighted by Gasteiger charge is -2.26. The maximum atomic E-state index is 14.0. The molecule has 2 aromatic carbocycles. The van der Waals surface area contributed by atoms with Crippen LogP contribution in [0.5, 0.6) is 0 Å². The Bertz CT molecular complexity index is 852. The van der Waals surface area contributed by atoms with Crippen LogP contribution in [0.15, 0.2) is 53.7 Å². The summed E-state index contributed by atoms with van der Waals surface area (Å²) in [7, 11) is 0. The van der Waals surface area contributed by atoms with Crippen molar-refractivity contribution in [1.29, 1.82) is 0 Å². The summed E-state index contributed by atoms with van der Waals surface area (Å²) in [6, 6.07) is 12.6. The van der Waals surface area contributed by atoms with Gasteiger partial charge in [-0.1, -0.05) is 49.3 Å². The van der Waals surface area contributed by atoms with Crippen LogP contribution in [0.4, 0.5) is 8.78 Å². The molecule has 0 fully saturated rings. The molecule has 1 atom stereocenters. The number of carbonyl (C=O) groups is 1. The normalized spacial score (nSPS) is 16.2. The summed E-state index contributed by atoms with van der Waals surface area (Å²) in [5, 5.41) is 4.05. The molecule has 1 aliphatic rings. The molecular formula is C21H22F2N2O2. The molecule has 0 spiro atoms. The molecule has 0 aromatic heterocycles. The fourth-order valence-corrected chi connectivity index (χ4v) is 3.04. The maximum absolute atomic E-state index is 14.0. The molecule has 0 aliphatic carbocycles. The van der Waals surface area contributed by atoms with Crippen molar-refractivity contribution in [2.45, 2.75) is 32.9 Å². The highest BCUT2D eigenvalue weighted by molar-refractivity contribution is 6.01. The minimum atomic E-state index is -0.349. The van der Waals surface area contributed by atoms with Crippen molar-refractivity contribution in [3.63, 3.8) is 0 Å². The van der Waals surface area contributed by atoms with Gasteiger partial charge in [-0.15, -0.1) is 0 Å². The van der Waals surface area contributed by atoms with Gasteiger partial charge in [0, 0.05) is 30.0 Å². The molecule has 2 aromatic rings. The number of carbonyl (C=O) groups excluding carboxylic acids is 1. The van der Waals surface area contributed by atoms with E-state index in [1.54, 1.807) is 49.1 Å². The minimum Gasteiger partial charge on any atom is -0.390 e. The van der Waals surface area contributed by atoms with Crippen molar-refractivity contribution in [3.05, 3.63) is 71.3 Å². The summed E-state index contributed by atoms with van der Waals surface area (Å²) in [4.78, 5) is 19.7. The smallest absolute Gasteiger partial charge is 0.225 e. The summed E-state index contributed by atoms with van der Waals surface area (Å²) in [6.07, 6.45) is 0.112. The first kappa shape index (κ1) is 19.0. The quantitative estimate of drug-likeness (QED) is 0.765. The van der Waals surface area contributed by atoms with Crippen molar-refractivity contribution in [3.8, 4) is 0 Å². The van der Waals surface area contributed by atoms with E-state index in [9.17, 15) is 13.6 Å². The molecule has 1 amide bonds. The fraction of sp³-hybridized carbons (Fsp3) is 0.333. The van der Waals surface area contributed by atoms with Gasteiger partial charge >= 0.3 is 0 Å². The summed E-state index contributed by atoms with van der Waals surface area (Å²) < 4.78 is 27.4. The Morgan fingerprint density at radius 1 is 1.22 bits per heavy atom. The first-order chi connectivity index (χ1) is 12.9. The van der Waals surface area contributed by atoms with E-state index in [2.05, 4.69) is 5.16 Å². The summed E-state index contributed by atoms with van der Waals surface area (Å²) >= 11 is 0. The zero-order chi connectivity index (χ0) is 19.4. The third-order valence-electron chi connectivity index (χ3n) is 4.44. The van der Waals surface area contributed by atoms with Crippen molar-refractivity contribution < 1.29 is 18.4 Å². The van der Waals surface area contributed by atoms with Crippen molar-refractivity contribution in [2.75, 3.05) is 6.54 Å². The molecule has 3 rings (SSSR count). The molecule has 6 heteroatoms. The fourth-order valence-electron chi connectivity index (χ4n) is 3.04. The van der Waals surface area contributed by atoms with Gasteiger partial charge in [-0.25, -0.2) is 8.78 Å². The Balaban J connectivity index is 1.70. The SMILES string of the molecule is CC(C)C(=O)N(Cc1ccccc1F)CC1CC(c2cccc(F)c2)=NO1. The van der Waals surface area contributed by atoms with E-state index in [0.717, 1.165) is 0 Å². The number of benzene rings is 2. The Hall–Kier alpha value is -2.76. The van der Waals surface area contributed by atoms with E-state index in [-0.39, 0.29) is 42.7 Å². The Morgan fingerprint density at radius 2 is 2.00 bits per heavy atom. The average molecular weight is 372 g/mol. The first-order valence-electron chi connectivity index (χ1n) is 8.95. The monoisotopic (exact) mass is 372 g/mol. The molecule has 0 saturated carbocycles. The summed E-state index contributed by atoms with van der Waals surface area (Å²) in [5.74, 6) is -0.985. The largest absolute Gasteiger partial charge is 0.390 e. The number of hydrogen-bond acceptors (Lipinski definition) is 3. The van der Waals surface area contributed by atoms with Crippen LogP contribution in [0.1, 0.15) is 31.4 Å². The lowest BCUT2D eigenvalue weighted by atomic mass is 10.0. The van der Waals surface area contributed by atoms with Gasteiger partial charge in [0.15, 0.2) is 6.10 Å². The van der Waals surface area contributed by atoms with Crippen LogP contribution in [0, 0.1) is 17.6 Å². The van der Waals surface area contributed by atoms with Gasteiger partial charge in [0.05, 0.1) is 12.3 Å². The number of oxime groups is 1. The summed E-state index contributed by atoms with van der Waals surface area (Å²) in [6.45, 7) is 4.06. The standard InChI is InChI=1S/C21H22F2N2O2/c1-14(2)21(26)25(12-16-6-3-4-9-19(16)23)13-18-11-20(24-27-18)15-7-5-8-17(22)10-15/h3-10,14,18H,11-13H2,1-2H3. The van der Waals surface area contributed by atoms with Gasteiger partial charge in [-0.3, -0.25) is 4.79 Å². The van der Waals surface area contributed by atoms with Gasteiger partial charge in [-0.2, -0.15) is 0 Å². The molecule has 1 unspecified atom stereocenters. The van der Waals surface area contributed by atoms with Crippen LogP contribution in [-0.4, -0.2) is 29.2 Å². The van der Waals surface area contributed by atoms with Crippen molar-refractivity contribution >= 4 is 11.6 Å². The second-order valence-electron chi connectivity index (χ2n) is 6.94. The van der Waals surface area contributed by atoms with E-state index in [4.69, 9.17) is 4.84 Å². The molecule has 1 heterocycles. The molecular weight excluding hydrogens is 350 g/mol. The topological polar surface area (TPSA) is 41.9 Å². The number of nitrogens with zero attached hydrogens (tertiary/aromatic N) is 2. The second-order valence-corrected chi connectivity index (χ2v) is 6.94. The third-order valence-corrected chi connectivity index (χ3v) is 4.44. The Labute approximate surface area is 157 Å². The number of hydrogen-bond donors (Lipinski definition) is 0. The van der Waals surface area contributed by atoms with Crippen LogP contribution in [-0.2, 0) is 16.2 Å². The van der Waals surface area contributed by atoms with Gasteiger partial charge in [-0.05, 0) is 18.2 Å². The highest BCUT2D eigenvalue weighted by Crippen LogP contribution is 2.20. The predicted molar refractivity (Wildman–Crippen MR) is 99.1 cm³/mol. The van der Waals surface area contributed by atoms with Gasteiger partial charge in [0.2, 0.25) is 5.91 Å². The lowest BCUT2D eigenvalue weighted by Crippen LogP contribution is -2.39. The number of amides is 1. The summed E-state index contributed by atoms with van der Waals surface area (Å²) in [5.41, 5.74) is 1.76. The molecule has 4 nitrogen and oxygen atoms in total. The van der Waals surface area contributed by atoms with Crippen LogP contribution in [0.25, 0.3) is 0 Å². The highest BCUT2D eigenvalue weighted by atomic mass is 19.1. The van der Waals surface area contributed by atoms with Gasteiger partial charge < -0.3 is 9.74 Å². The third kappa shape index (κ3) is 4.70. The molecule has 0 bridgehead atoms. The zero-order valence-corrected chi connectivity index (χ0v) is 15.4. The van der Waals surface area contributed by atoms with Crippen molar-refractivity contribution in [1.82, 2.24) is 4.90 Å². The maximum Gasteiger partial charge on any atom is 0.225 e. The Kier molecular flexibility index (Phi) is 5.84. The van der Waals surface area contributed by atoms with E-state index in [1.165, 1.54) is 18.2 Å². The van der Waals surface area contributed by atoms with Crippen molar-refractivity contribution in [2.24, 2.45) is 11.1 Å². The van der Waals surface area contributed by atoms with Gasteiger partial charge in [0.1, 0.15) is 11.6 Å². The van der Waals surface area contributed by atoms with Gasteiger partial charge in [0.25, 0.3) is 0 Å². The van der Waals surface area contributed by atoms with E-state index in [0.29, 0.717) is 23.3 Å². The molecule has 0 saturated heterocycles. The van der Waals surface area contributed by atoms with E-state index in [1.807, 2.05) is 0 Å². The first-order valence-corrected chi connectivity index (χ1v) is 8.95. The number of halogens is 2. The van der Waals surface area contributed by atoms with Crippen LogP contribution in [0.2, 0.25) is 0 Å². The predicted octanol–water partition coefficient (Wildman–Crippen LogP) is 4.14. The molecule has 1 aliphatic heterocycles. The second kappa shape index (κ2) is 8.29. The lowest BCUT2D eigenvalue weighted by molar-refractivity contribution is -0.137. The average Bonchev–Trinajstić information content (AvgIpc) is 3.11. The minimum absolute atomic E-state index is 0.0824. The molecule has 27 heavy (non-hydrogen) atoms.